The van der Waals surface area contributed by atoms with Gasteiger partial charge in [-0.25, -0.2) is 9.97 Å². The van der Waals surface area contributed by atoms with Gasteiger partial charge in [0.25, 0.3) is 0 Å². The third kappa shape index (κ3) is 6.29. The van der Waals surface area contributed by atoms with Gasteiger partial charge in [0.2, 0.25) is 0 Å². The molecular formula is C61H50N2. The van der Waals surface area contributed by atoms with Gasteiger partial charge in [0.1, 0.15) is 0 Å². The summed E-state index contributed by atoms with van der Waals surface area (Å²) in [6, 6.07) is 66.2. The predicted octanol–water partition coefficient (Wildman–Crippen LogP) is 15.7. The van der Waals surface area contributed by atoms with Gasteiger partial charge in [0, 0.05) is 33.4 Å². The summed E-state index contributed by atoms with van der Waals surface area (Å²) in [5.74, 6) is 1.72. The number of nitrogens with zero attached hydrogens (tertiary/aromatic N) is 2. The van der Waals surface area contributed by atoms with Crippen LogP contribution in [0.1, 0.15) is 74.1 Å². The van der Waals surface area contributed by atoms with E-state index in [1.807, 2.05) is 18.2 Å². The van der Waals surface area contributed by atoms with E-state index in [2.05, 4.69) is 190 Å². The van der Waals surface area contributed by atoms with E-state index in [1.165, 1.54) is 82.2 Å². The molecule has 1 spiro atoms. The van der Waals surface area contributed by atoms with E-state index in [1.54, 1.807) is 11.1 Å². The molecule has 4 aliphatic rings. The van der Waals surface area contributed by atoms with E-state index < -0.39 is 0 Å². The number of hydrogen-bond donors (Lipinski definition) is 0. The molecular weight excluding hydrogens is 761 g/mol. The van der Waals surface area contributed by atoms with Crippen molar-refractivity contribution in [1.82, 2.24) is 9.97 Å². The summed E-state index contributed by atoms with van der Waals surface area (Å²) >= 11 is 0. The van der Waals surface area contributed by atoms with Crippen LogP contribution in [0.2, 0.25) is 0 Å². The molecule has 0 N–H and O–H groups in total. The topological polar surface area (TPSA) is 25.8 Å². The lowest BCUT2D eigenvalue weighted by molar-refractivity contribution is 0.233. The van der Waals surface area contributed by atoms with E-state index in [0.29, 0.717) is 11.8 Å². The van der Waals surface area contributed by atoms with Crippen LogP contribution in [0.4, 0.5) is 0 Å². The van der Waals surface area contributed by atoms with E-state index in [0.717, 1.165) is 39.5 Å². The molecule has 2 heteroatoms. The zero-order valence-electron chi connectivity index (χ0n) is 36.1. The molecule has 1 saturated carbocycles. The Morgan fingerprint density at radius 2 is 0.968 bits per heavy atom. The smallest absolute Gasteiger partial charge is 0.160 e. The van der Waals surface area contributed by atoms with Crippen LogP contribution in [0, 0.1) is 5.92 Å². The SMILES string of the molecule is CC1(C)C2=CC3c4ccccc4C4(CCCCC4)C3C=C2c2cc(-c3ccc(-c4cccc(-c5cc(-c6ccc(-c7ccccc7)cc6)nc(-c6ccccc6)n5)c4)cc3)ccc21. The quantitative estimate of drug-likeness (QED) is 0.167. The van der Waals surface area contributed by atoms with Crippen molar-refractivity contribution in [3.05, 3.63) is 222 Å². The van der Waals surface area contributed by atoms with Gasteiger partial charge in [-0.1, -0.05) is 209 Å². The van der Waals surface area contributed by atoms with Gasteiger partial charge < -0.3 is 0 Å². The zero-order chi connectivity index (χ0) is 42.1. The molecule has 0 radical (unpaired) electrons. The Bertz CT molecular complexity index is 3090. The molecule has 1 aromatic heterocycles. The third-order valence-electron chi connectivity index (χ3n) is 15.0. The maximum atomic E-state index is 5.15. The second-order valence-electron chi connectivity index (χ2n) is 18.8. The highest BCUT2D eigenvalue weighted by Crippen LogP contribution is 2.64. The van der Waals surface area contributed by atoms with Crippen molar-refractivity contribution in [3.63, 3.8) is 0 Å². The van der Waals surface area contributed by atoms with Gasteiger partial charge in [-0.2, -0.15) is 0 Å². The van der Waals surface area contributed by atoms with Crippen molar-refractivity contribution in [3.8, 4) is 67.3 Å². The molecule has 304 valence electrons. The van der Waals surface area contributed by atoms with E-state index in [9.17, 15) is 0 Å². The first-order chi connectivity index (χ1) is 30.9. The molecule has 4 aliphatic carbocycles. The Balaban J connectivity index is 0.863. The van der Waals surface area contributed by atoms with Crippen LogP contribution in [0.15, 0.2) is 200 Å². The molecule has 0 aliphatic heterocycles. The minimum absolute atomic E-state index is 0.0317. The highest BCUT2D eigenvalue weighted by Gasteiger charge is 2.53. The van der Waals surface area contributed by atoms with E-state index in [-0.39, 0.29) is 10.8 Å². The van der Waals surface area contributed by atoms with Gasteiger partial charge in [-0.05, 0) is 104 Å². The summed E-state index contributed by atoms with van der Waals surface area (Å²) in [5, 5.41) is 0. The largest absolute Gasteiger partial charge is 0.228 e. The van der Waals surface area contributed by atoms with Crippen LogP contribution < -0.4 is 0 Å². The lowest BCUT2D eigenvalue weighted by atomic mass is 9.62. The summed E-state index contributed by atoms with van der Waals surface area (Å²) in [4.78, 5) is 10.3. The minimum Gasteiger partial charge on any atom is -0.228 e. The van der Waals surface area contributed by atoms with Crippen molar-refractivity contribution >= 4 is 5.57 Å². The van der Waals surface area contributed by atoms with Gasteiger partial charge in [0.05, 0.1) is 11.4 Å². The van der Waals surface area contributed by atoms with Crippen LogP contribution in [0.25, 0.3) is 72.9 Å². The number of benzene rings is 7. The Labute approximate surface area is 371 Å². The van der Waals surface area contributed by atoms with Crippen molar-refractivity contribution in [2.45, 2.75) is 62.7 Å². The fraction of sp³-hybridized carbons (Fsp3) is 0.180. The first-order valence-electron chi connectivity index (χ1n) is 22.9. The minimum atomic E-state index is -0.0317. The van der Waals surface area contributed by atoms with Crippen molar-refractivity contribution in [1.29, 1.82) is 0 Å². The van der Waals surface area contributed by atoms with E-state index >= 15 is 0 Å². The molecule has 0 amide bonds. The summed E-state index contributed by atoms with van der Waals surface area (Å²) < 4.78 is 0. The molecule has 7 aromatic carbocycles. The molecule has 12 rings (SSSR count). The monoisotopic (exact) mass is 810 g/mol. The predicted molar refractivity (Wildman–Crippen MR) is 261 cm³/mol. The molecule has 0 bridgehead atoms. The van der Waals surface area contributed by atoms with Crippen LogP contribution in [-0.4, -0.2) is 9.97 Å². The Hall–Kier alpha value is -6.90. The fourth-order valence-corrected chi connectivity index (χ4v) is 11.8. The van der Waals surface area contributed by atoms with Crippen LogP contribution in [0.5, 0.6) is 0 Å². The van der Waals surface area contributed by atoms with Gasteiger partial charge in [-0.15, -0.1) is 0 Å². The number of hydrogen-bond acceptors (Lipinski definition) is 2. The number of fused-ring (bicyclic) bond motifs is 8. The number of aromatic nitrogens is 2. The summed E-state index contributed by atoms with van der Waals surface area (Å²) in [5.41, 5.74) is 21.5. The average Bonchev–Trinajstić information content (AvgIpc) is 3.74. The first-order valence-corrected chi connectivity index (χ1v) is 22.9. The summed E-state index contributed by atoms with van der Waals surface area (Å²) in [7, 11) is 0. The Morgan fingerprint density at radius 3 is 1.68 bits per heavy atom. The van der Waals surface area contributed by atoms with Gasteiger partial charge in [0.15, 0.2) is 5.82 Å². The molecule has 2 nitrogen and oxygen atoms in total. The molecule has 2 unspecified atom stereocenters. The molecule has 1 fully saturated rings. The van der Waals surface area contributed by atoms with Crippen molar-refractivity contribution in [2.75, 3.05) is 0 Å². The number of rotatable bonds is 6. The normalized spacial score (nSPS) is 18.8. The molecule has 63 heavy (non-hydrogen) atoms. The summed E-state index contributed by atoms with van der Waals surface area (Å²) in [6.07, 6.45) is 12.1. The lowest BCUT2D eigenvalue weighted by Crippen LogP contribution is -2.35. The van der Waals surface area contributed by atoms with E-state index in [4.69, 9.17) is 9.97 Å². The molecule has 2 atom stereocenters. The van der Waals surface area contributed by atoms with Gasteiger partial charge >= 0.3 is 0 Å². The fourth-order valence-electron chi connectivity index (χ4n) is 11.8. The molecule has 1 heterocycles. The Morgan fingerprint density at radius 1 is 0.429 bits per heavy atom. The average molecular weight is 811 g/mol. The highest BCUT2D eigenvalue weighted by molar-refractivity contribution is 5.93. The lowest BCUT2D eigenvalue weighted by Gasteiger charge is -2.41. The Kier molecular flexibility index (Phi) is 8.94. The van der Waals surface area contributed by atoms with Crippen molar-refractivity contribution in [2.24, 2.45) is 5.92 Å². The number of allylic oxidation sites excluding steroid dienone is 4. The second kappa shape index (κ2) is 14.9. The zero-order valence-corrected chi connectivity index (χ0v) is 36.1. The van der Waals surface area contributed by atoms with Crippen LogP contribution >= 0.6 is 0 Å². The maximum Gasteiger partial charge on any atom is 0.160 e. The molecule has 8 aromatic rings. The standard InChI is InChI=1S/C61H50N2/c1-60(2)53-32-31-47(36-50(53)52-38-56-51(37-55(52)60)49-21-10-11-22-54(49)61(56)33-12-5-13-34-61)43-25-23-42(24-26-43)46-19-14-20-48(35-46)58-39-57(62-59(63-58)45-17-8-4-9-18-45)44-29-27-41(28-30-44)40-15-6-3-7-16-40/h3-4,6-11,14-32,35-39,51,56H,5,12-13,33-34H2,1-2H3. The molecule has 0 saturated heterocycles. The van der Waals surface area contributed by atoms with Crippen LogP contribution in [0.3, 0.4) is 0 Å². The van der Waals surface area contributed by atoms with Crippen LogP contribution in [-0.2, 0) is 10.8 Å². The highest BCUT2D eigenvalue weighted by atomic mass is 14.9. The first kappa shape index (κ1) is 37.8. The maximum absolute atomic E-state index is 5.15. The third-order valence-corrected chi connectivity index (χ3v) is 15.0. The van der Waals surface area contributed by atoms with Gasteiger partial charge in [-0.3, -0.25) is 0 Å². The summed E-state index contributed by atoms with van der Waals surface area (Å²) in [6.45, 7) is 4.87. The second-order valence-corrected chi connectivity index (χ2v) is 18.8. The van der Waals surface area contributed by atoms with Crippen molar-refractivity contribution < 1.29 is 0 Å².